The van der Waals surface area contributed by atoms with Crippen molar-refractivity contribution >= 4 is 17.4 Å². The summed E-state index contributed by atoms with van der Waals surface area (Å²) in [6.07, 6.45) is 2.57. The van der Waals surface area contributed by atoms with Crippen LogP contribution in [0.3, 0.4) is 0 Å². The van der Waals surface area contributed by atoms with Gasteiger partial charge in [0.25, 0.3) is 0 Å². The van der Waals surface area contributed by atoms with Gasteiger partial charge >= 0.3 is 0 Å². The van der Waals surface area contributed by atoms with Gasteiger partial charge in [0.15, 0.2) is 16.8 Å². The van der Waals surface area contributed by atoms with Crippen molar-refractivity contribution in [1.82, 2.24) is 9.97 Å². The molecular formula is C26H24F3N3S. The molecule has 0 saturated carbocycles. The quantitative estimate of drug-likeness (QED) is 0.187. The SMILES string of the molecule is Fc1cc(F)c(NCCCCCSc2nc(-c3ccccc3)c(-c3ccccc3)[nH]2)c(F)c1. The molecule has 1 heterocycles. The molecule has 7 heteroatoms. The van der Waals surface area contributed by atoms with Crippen molar-refractivity contribution < 1.29 is 13.2 Å². The number of hydrogen-bond donors (Lipinski definition) is 2. The third kappa shape index (κ3) is 5.99. The molecule has 0 fully saturated rings. The molecule has 4 aromatic rings. The molecule has 3 nitrogen and oxygen atoms in total. The van der Waals surface area contributed by atoms with E-state index in [-0.39, 0.29) is 5.69 Å². The van der Waals surface area contributed by atoms with Crippen LogP contribution in [-0.4, -0.2) is 22.3 Å². The highest BCUT2D eigenvalue weighted by Crippen LogP contribution is 2.32. The number of rotatable bonds is 10. The van der Waals surface area contributed by atoms with Gasteiger partial charge in [0, 0.05) is 35.6 Å². The molecule has 0 atom stereocenters. The van der Waals surface area contributed by atoms with Crippen LogP contribution < -0.4 is 5.32 Å². The lowest BCUT2D eigenvalue weighted by molar-refractivity contribution is 0.546. The van der Waals surface area contributed by atoms with Crippen molar-refractivity contribution in [3.8, 4) is 22.5 Å². The van der Waals surface area contributed by atoms with Crippen LogP contribution in [0.1, 0.15) is 19.3 Å². The van der Waals surface area contributed by atoms with Crippen LogP contribution in [-0.2, 0) is 0 Å². The molecular weight excluding hydrogens is 443 g/mol. The van der Waals surface area contributed by atoms with E-state index in [1.54, 1.807) is 11.8 Å². The lowest BCUT2D eigenvalue weighted by Gasteiger charge is -2.08. The summed E-state index contributed by atoms with van der Waals surface area (Å²) in [6, 6.07) is 21.6. The lowest BCUT2D eigenvalue weighted by atomic mass is 10.1. The van der Waals surface area contributed by atoms with Crippen molar-refractivity contribution in [3.05, 3.63) is 90.2 Å². The molecule has 0 aliphatic heterocycles. The van der Waals surface area contributed by atoms with E-state index < -0.39 is 17.5 Å². The third-order valence-electron chi connectivity index (χ3n) is 5.16. The van der Waals surface area contributed by atoms with Crippen LogP contribution >= 0.6 is 11.8 Å². The summed E-state index contributed by atoms with van der Waals surface area (Å²) in [7, 11) is 0. The summed E-state index contributed by atoms with van der Waals surface area (Å²) in [5.74, 6) is -1.88. The van der Waals surface area contributed by atoms with Gasteiger partial charge in [-0.2, -0.15) is 0 Å². The first-order valence-corrected chi connectivity index (χ1v) is 11.8. The number of aromatic nitrogens is 2. The first-order chi connectivity index (χ1) is 16.1. The molecule has 0 amide bonds. The van der Waals surface area contributed by atoms with Crippen molar-refractivity contribution in [2.45, 2.75) is 24.4 Å². The van der Waals surface area contributed by atoms with Gasteiger partial charge in [-0.3, -0.25) is 0 Å². The number of imidazole rings is 1. The molecule has 3 aromatic carbocycles. The number of hydrogen-bond acceptors (Lipinski definition) is 3. The molecule has 0 saturated heterocycles. The molecule has 0 unspecified atom stereocenters. The number of halogens is 3. The Kier molecular flexibility index (Phi) is 7.73. The highest BCUT2D eigenvalue weighted by Gasteiger charge is 2.14. The highest BCUT2D eigenvalue weighted by atomic mass is 32.2. The molecule has 0 spiro atoms. The minimum absolute atomic E-state index is 0.275. The van der Waals surface area contributed by atoms with E-state index in [0.717, 1.165) is 52.7 Å². The molecule has 0 bridgehead atoms. The summed E-state index contributed by atoms with van der Waals surface area (Å²) in [4.78, 5) is 8.30. The number of H-pyrrole nitrogens is 1. The molecule has 0 radical (unpaired) electrons. The summed E-state index contributed by atoms with van der Waals surface area (Å²) in [5, 5.41) is 3.58. The Morgan fingerprint density at radius 3 is 2.09 bits per heavy atom. The topological polar surface area (TPSA) is 40.7 Å². The van der Waals surface area contributed by atoms with Crippen LogP contribution in [0.25, 0.3) is 22.5 Å². The van der Waals surface area contributed by atoms with Crippen LogP contribution in [0.2, 0.25) is 0 Å². The Bertz CT molecular complexity index is 1100. The van der Waals surface area contributed by atoms with Gasteiger partial charge < -0.3 is 10.3 Å². The number of unbranched alkanes of at least 4 members (excludes halogenated alkanes) is 2. The maximum Gasteiger partial charge on any atom is 0.166 e. The summed E-state index contributed by atoms with van der Waals surface area (Å²) < 4.78 is 40.3. The van der Waals surface area contributed by atoms with Gasteiger partial charge in [0.2, 0.25) is 0 Å². The zero-order valence-electron chi connectivity index (χ0n) is 18.0. The average Bonchev–Trinajstić information content (AvgIpc) is 3.25. The Balaban J connectivity index is 1.30. The second kappa shape index (κ2) is 11.1. The second-order valence-electron chi connectivity index (χ2n) is 7.58. The van der Waals surface area contributed by atoms with Gasteiger partial charge in [-0.05, 0) is 12.8 Å². The van der Waals surface area contributed by atoms with Gasteiger partial charge in [-0.25, -0.2) is 18.2 Å². The van der Waals surface area contributed by atoms with Crippen LogP contribution in [0, 0.1) is 17.5 Å². The standard InChI is InChI=1S/C26H24F3N3S/c27-20-16-21(28)25(22(29)17-20)30-14-8-3-9-15-33-26-31-23(18-10-4-1-5-11-18)24(32-26)19-12-6-2-7-13-19/h1-2,4-7,10-13,16-17,30H,3,8-9,14-15H2,(H,31,32). The molecule has 170 valence electrons. The zero-order chi connectivity index (χ0) is 23.0. The van der Waals surface area contributed by atoms with E-state index in [2.05, 4.69) is 34.6 Å². The van der Waals surface area contributed by atoms with E-state index in [0.29, 0.717) is 18.7 Å². The Morgan fingerprint density at radius 2 is 1.42 bits per heavy atom. The van der Waals surface area contributed by atoms with Crippen molar-refractivity contribution in [1.29, 1.82) is 0 Å². The number of aromatic amines is 1. The van der Waals surface area contributed by atoms with E-state index in [4.69, 9.17) is 4.98 Å². The summed E-state index contributed by atoms with van der Waals surface area (Å²) in [5.41, 5.74) is 3.80. The molecule has 4 rings (SSSR count). The van der Waals surface area contributed by atoms with E-state index in [1.807, 2.05) is 36.4 Å². The van der Waals surface area contributed by atoms with Crippen molar-refractivity contribution in [3.63, 3.8) is 0 Å². The van der Waals surface area contributed by atoms with Gasteiger partial charge in [-0.1, -0.05) is 78.8 Å². The minimum atomic E-state index is -0.920. The number of anilines is 1. The Labute approximate surface area is 195 Å². The number of nitrogens with one attached hydrogen (secondary N) is 2. The average molecular weight is 468 g/mol. The van der Waals surface area contributed by atoms with E-state index >= 15 is 0 Å². The second-order valence-corrected chi connectivity index (χ2v) is 8.66. The fourth-order valence-corrected chi connectivity index (χ4v) is 4.41. The maximum atomic E-state index is 13.7. The summed E-state index contributed by atoms with van der Waals surface area (Å²) >= 11 is 1.66. The fourth-order valence-electron chi connectivity index (χ4n) is 3.54. The molecule has 0 aliphatic rings. The van der Waals surface area contributed by atoms with Crippen LogP contribution in [0.5, 0.6) is 0 Å². The van der Waals surface area contributed by atoms with Gasteiger partial charge in [0.1, 0.15) is 11.5 Å². The summed E-state index contributed by atoms with van der Waals surface area (Å²) in [6.45, 7) is 0.418. The van der Waals surface area contributed by atoms with Crippen molar-refractivity contribution in [2.24, 2.45) is 0 Å². The predicted octanol–water partition coefficient (Wildman–Crippen LogP) is 7.54. The normalized spacial score (nSPS) is 11.0. The van der Waals surface area contributed by atoms with Gasteiger partial charge in [0.05, 0.1) is 11.4 Å². The monoisotopic (exact) mass is 467 g/mol. The molecule has 1 aromatic heterocycles. The first kappa shape index (κ1) is 23.0. The zero-order valence-corrected chi connectivity index (χ0v) is 18.8. The number of nitrogens with zero attached hydrogens (tertiary/aromatic N) is 1. The number of benzene rings is 3. The smallest absolute Gasteiger partial charge is 0.166 e. The minimum Gasteiger partial charge on any atom is -0.380 e. The van der Waals surface area contributed by atoms with Crippen LogP contribution in [0.15, 0.2) is 78.0 Å². The molecule has 33 heavy (non-hydrogen) atoms. The van der Waals surface area contributed by atoms with Gasteiger partial charge in [-0.15, -0.1) is 0 Å². The molecule has 2 N–H and O–H groups in total. The van der Waals surface area contributed by atoms with Crippen LogP contribution in [0.4, 0.5) is 18.9 Å². The van der Waals surface area contributed by atoms with E-state index in [1.165, 1.54) is 0 Å². The lowest BCUT2D eigenvalue weighted by Crippen LogP contribution is -2.06. The Morgan fingerprint density at radius 1 is 0.788 bits per heavy atom. The van der Waals surface area contributed by atoms with E-state index in [9.17, 15) is 13.2 Å². The largest absolute Gasteiger partial charge is 0.380 e. The Hall–Kier alpha value is -3.19. The fraction of sp³-hybridized carbons (Fsp3) is 0.192. The van der Waals surface area contributed by atoms with Crippen molar-refractivity contribution in [2.75, 3.05) is 17.6 Å². The molecule has 0 aliphatic carbocycles. The number of thioether (sulfide) groups is 1. The highest BCUT2D eigenvalue weighted by molar-refractivity contribution is 7.99. The first-order valence-electron chi connectivity index (χ1n) is 10.8. The predicted molar refractivity (Wildman–Crippen MR) is 129 cm³/mol. The maximum absolute atomic E-state index is 13.7. The third-order valence-corrected chi connectivity index (χ3v) is 6.12.